The normalized spacial score (nSPS) is 12.8. The first kappa shape index (κ1) is 13.4. The summed E-state index contributed by atoms with van der Waals surface area (Å²) in [6.07, 6.45) is 0.161. The third-order valence-corrected chi connectivity index (χ3v) is 2.35. The van der Waals surface area contributed by atoms with Gasteiger partial charge in [0.05, 0.1) is 6.10 Å². The standard InChI is InChI=1S/C12H17ClFNO/c1-3-16-9(2)7-15-8-10-4-11(13)6-12(14)5-10/h4-6,9,15H,3,7-8H2,1-2H3. The highest BCUT2D eigenvalue weighted by Gasteiger charge is 2.02. The highest BCUT2D eigenvalue weighted by molar-refractivity contribution is 6.30. The third kappa shape index (κ3) is 4.92. The van der Waals surface area contributed by atoms with Gasteiger partial charge in [-0.2, -0.15) is 0 Å². The van der Waals surface area contributed by atoms with Crippen LogP contribution in [0.5, 0.6) is 0 Å². The molecule has 0 saturated heterocycles. The first-order valence-electron chi connectivity index (χ1n) is 5.39. The summed E-state index contributed by atoms with van der Waals surface area (Å²) < 4.78 is 18.4. The minimum atomic E-state index is -0.304. The maximum absolute atomic E-state index is 13.0. The first-order valence-corrected chi connectivity index (χ1v) is 5.77. The lowest BCUT2D eigenvalue weighted by atomic mass is 10.2. The summed E-state index contributed by atoms with van der Waals surface area (Å²) in [4.78, 5) is 0. The Balaban J connectivity index is 2.37. The summed E-state index contributed by atoms with van der Waals surface area (Å²) >= 11 is 5.75. The molecule has 0 aliphatic rings. The smallest absolute Gasteiger partial charge is 0.125 e. The van der Waals surface area contributed by atoms with E-state index in [0.29, 0.717) is 18.2 Å². The van der Waals surface area contributed by atoms with Gasteiger partial charge in [0.25, 0.3) is 0 Å². The fourth-order valence-electron chi connectivity index (χ4n) is 1.48. The largest absolute Gasteiger partial charge is 0.377 e. The van der Waals surface area contributed by atoms with E-state index in [1.54, 1.807) is 6.07 Å². The predicted molar refractivity (Wildman–Crippen MR) is 64.2 cm³/mol. The number of nitrogens with one attached hydrogen (secondary N) is 1. The Morgan fingerprint density at radius 3 is 2.81 bits per heavy atom. The monoisotopic (exact) mass is 245 g/mol. The topological polar surface area (TPSA) is 21.3 Å². The highest BCUT2D eigenvalue weighted by atomic mass is 35.5. The van der Waals surface area contributed by atoms with E-state index < -0.39 is 0 Å². The van der Waals surface area contributed by atoms with Crippen molar-refractivity contribution in [2.75, 3.05) is 13.2 Å². The van der Waals surface area contributed by atoms with Gasteiger partial charge in [-0.25, -0.2) is 4.39 Å². The van der Waals surface area contributed by atoms with Crippen LogP contribution in [-0.4, -0.2) is 19.3 Å². The number of hydrogen-bond acceptors (Lipinski definition) is 2. The maximum atomic E-state index is 13.0. The molecule has 0 heterocycles. The maximum Gasteiger partial charge on any atom is 0.125 e. The van der Waals surface area contributed by atoms with Gasteiger partial charge < -0.3 is 10.1 Å². The van der Waals surface area contributed by atoms with E-state index in [-0.39, 0.29) is 11.9 Å². The van der Waals surface area contributed by atoms with Crippen molar-refractivity contribution in [2.45, 2.75) is 26.5 Å². The molecular weight excluding hydrogens is 229 g/mol. The number of rotatable bonds is 6. The van der Waals surface area contributed by atoms with Crippen LogP contribution < -0.4 is 5.32 Å². The summed E-state index contributed by atoms with van der Waals surface area (Å²) in [5, 5.41) is 3.62. The van der Waals surface area contributed by atoms with E-state index in [4.69, 9.17) is 16.3 Å². The Morgan fingerprint density at radius 1 is 1.44 bits per heavy atom. The van der Waals surface area contributed by atoms with Crippen LogP contribution in [0.1, 0.15) is 19.4 Å². The van der Waals surface area contributed by atoms with Crippen molar-refractivity contribution in [3.05, 3.63) is 34.6 Å². The lowest BCUT2D eigenvalue weighted by Crippen LogP contribution is -2.26. The van der Waals surface area contributed by atoms with Crippen LogP contribution in [0.3, 0.4) is 0 Å². The van der Waals surface area contributed by atoms with Gasteiger partial charge in [0.1, 0.15) is 5.82 Å². The molecule has 1 aromatic carbocycles. The van der Waals surface area contributed by atoms with Crippen LogP contribution in [0.25, 0.3) is 0 Å². The zero-order valence-electron chi connectivity index (χ0n) is 9.59. The molecule has 0 saturated carbocycles. The van der Waals surface area contributed by atoms with Gasteiger partial charge in [-0.05, 0) is 37.6 Å². The summed E-state index contributed by atoms with van der Waals surface area (Å²) in [5.74, 6) is -0.304. The average molecular weight is 246 g/mol. The molecule has 90 valence electrons. The molecule has 1 atom stereocenters. The summed E-state index contributed by atoms with van der Waals surface area (Å²) in [6, 6.07) is 4.53. The minimum Gasteiger partial charge on any atom is -0.377 e. The number of halogens is 2. The molecule has 0 aliphatic carbocycles. The van der Waals surface area contributed by atoms with E-state index >= 15 is 0 Å². The van der Waals surface area contributed by atoms with Crippen LogP contribution in [0.15, 0.2) is 18.2 Å². The lowest BCUT2D eigenvalue weighted by Gasteiger charge is -2.12. The molecule has 0 radical (unpaired) electrons. The fourth-order valence-corrected chi connectivity index (χ4v) is 1.72. The van der Waals surface area contributed by atoms with Gasteiger partial charge in [0.15, 0.2) is 0 Å². The molecule has 0 fully saturated rings. The van der Waals surface area contributed by atoms with Crippen LogP contribution in [0.4, 0.5) is 4.39 Å². The van der Waals surface area contributed by atoms with Crippen LogP contribution in [0.2, 0.25) is 5.02 Å². The lowest BCUT2D eigenvalue weighted by molar-refractivity contribution is 0.0759. The molecule has 2 nitrogen and oxygen atoms in total. The third-order valence-electron chi connectivity index (χ3n) is 2.13. The van der Waals surface area contributed by atoms with Crippen molar-refractivity contribution in [3.8, 4) is 0 Å². The molecular formula is C12H17ClFNO. The van der Waals surface area contributed by atoms with E-state index in [1.165, 1.54) is 12.1 Å². The Bertz CT molecular complexity index is 313. The van der Waals surface area contributed by atoms with E-state index in [2.05, 4.69) is 5.32 Å². The molecule has 0 spiro atoms. The zero-order chi connectivity index (χ0) is 12.0. The van der Waals surface area contributed by atoms with E-state index in [0.717, 1.165) is 12.1 Å². The predicted octanol–water partition coefficient (Wildman–Crippen LogP) is 2.99. The van der Waals surface area contributed by atoms with Crippen molar-refractivity contribution in [2.24, 2.45) is 0 Å². The fraction of sp³-hybridized carbons (Fsp3) is 0.500. The second-order valence-electron chi connectivity index (χ2n) is 3.67. The second kappa shape index (κ2) is 6.84. The summed E-state index contributed by atoms with van der Waals surface area (Å²) in [5.41, 5.74) is 0.841. The van der Waals surface area contributed by atoms with E-state index in [9.17, 15) is 4.39 Å². The molecule has 4 heteroatoms. The van der Waals surface area contributed by atoms with Crippen LogP contribution in [0, 0.1) is 5.82 Å². The van der Waals surface area contributed by atoms with Gasteiger partial charge >= 0.3 is 0 Å². The first-order chi connectivity index (χ1) is 7.61. The zero-order valence-corrected chi connectivity index (χ0v) is 10.4. The Hall–Kier alpha value is -0.640. The van der Waals surface area contributed by atoms with Crippen molar-refractivity contribution in [3.63, 3.8) is 0 Å². The molecule has 1 unspecified atom stereocenters. The summed E-state index contributed by atoms with van der Waals surface area (Å²) in [6.45, 7) is 5.99. The van der Waals surface area contributed by atoms with Gasteiger partial charge in [0, 0.05) is 24.7 Å². The molecule has 0 aliphatic heterocycles. The molecule has 1 aromatic rings. The highest BCUT2D eigenvalue weighted by Crippen LogP contribution is 2.13. The van der Waals surface area contributed by atoms with Crippen LogP contribution >= 0.6 is 11.6 Å². The van der Waals surface area contributed by atoms with E-state index in [1.807, 2.05) is 13.8 Å². The Labute approximate surface area is 101 Å². The second-order valence-corrected chi connectivity index (χ2v) is 4.11. The Kier molecular flexibility index (Phi) is 5.74. The SMILES string of the molecule is CCOC(C)CNCc1cc(F)cc(Cl)c1. The average Bonchev–Trinajstić information content (AvgIpc) is 2.16. The molecule has 1 rings (SSSR count). The van der Waals surface area contributed by atoms with Crippen molar-refractivity contribution in [1.29, 1.82) is 0 Å². The van der Waals surface area contributed by atoms with Gasteiger partial charge in [-0.15, -0.1) is 0 Å². The number of ether oxygens (including phenoxy) is 1. The molecule has 1 N–H and O–H groups in total. The molecule has 0 bridgehead atoms. The van der Waals surface area contributed by atoms with Crippen LogP contribution in [-0.2, 0) is 11.3 Å². The Morgan fingerprint density at radius 2 is 2.19 bits per heavy atom. The van der Waals surface area contributed by atoms with Crippen molar-refractivity contribution < 1.29 is 9.13 Å². The number of hydrogen-bond donors (Lipinski definition) is 1. The molecule has 0 aromatic heterocycles. The summed E-state index contributed by atoms with van der Waals surface area (Å²) in [7, 11) is 0. The quantitative estimate of drug-likeness (QED) is 0.832. The van der Waals surface area contributed by atoms with Crippen molar-refractivity contribution in [1.82, 2.24) is 5.32 Å². The van der Waals surface area contributed by atoms with Crippen molar-refractivity contribution >= 4 is 11.6 Å². The molecule has 16 heavy (non-hydrogen) atoms. The van der Waals surface area contributed by atoms with Gasteiger partial charge in [0.2, 0.25) is 0 Å². The molecule has 0 amide bonds. The van der Waals surface area contributed by atoms with Gasteiger partial charge in [-0.3, -0.25) is 0 Å². The number of benzene rings is 1. The minimum absolute atomic E-state index is 0.161. The van der Waals surface area contributed by atoms with Gasteiger partial charge in [-0.1, -0.05) is 11.6 Å².